The molecule has 0 bridgehead atoms. The summed E-state index contributed by atoms with van der Waals surface area (Å²) in [5, 5.41) is 11.6. The third-order valence-corrected chi connectivity index (χ3v) is 3.31. The maximum Gasteiger partial charge on any atom is 0.139 e. The maximum absolute atomic E-state index is 12.9. The van der Waals surface area contributed by atoms with Crippen LogP contribution in [0.4, 0.5) is 4.39 Å². The monoisotopic (exact) mass is 252 g/mol. The number of benzene rings is 1. The molecule has 18 heavy (non-hydrogen) atoms. The first-order chi connectivity index (χ1) is 8.54. The van der Waals surface area contributed by atoms with Crippen LogP contribution < -0.4 is 10.5 Å². The zero-order valence-corrected chi connectivity index (χ0v) is 10.3. The van der Waals surface area contributed by atoms with Crippen molar-refractivity contribution in [1.29, 1.82) is 0 Å². The summed E-state index contributed by atoms with van der Waals surface area (Å²) in [6.45, 7) is 2.32. The summed E-state index contributed by atoms with van der Waals surface area (Å²) in [4.78, 5) is 0. The highest BCUT2D eigenvalue weighted by Crippen LogP contribution is 2.49. The number of nitrogens with zero attached hydrogens (tertiary/aromatic N) is 1. The first-order valence-electron chi connectivity index (χ1n) is 5.90. The van der Waals surface area contributed by atoms with Crippen LogP contribution in [0, 0.1) is 18.2 Å². The number of halogens is 1. The average molecular weight is 252 g/mol. The molecule has 0 spiro atoms. The van der Waals surface area contributed by atoms with Gasteiger partial charge in [0.05, 0.1) is 6.61 Å². The van der Waals surface area contributed by atoms with Crippen LogP contribution in [0.25, 0.3) is 0 Å². The van der Waals surface area contributed by atoms with Gasteiger partial charge in [-0.25, -0.2) is 4.39 Å². The van der Waals surface area contributed by atoms with E-state index >= 15 is 0 Å². The number of amidine groups is 1. The molecule has 5 heteroatoms. The number of oxime groups is 1. The fourth-order valence-corrected chi connectivity index (χ4v) is 1.97. The average Bonchev–Trinajstić information content (AvgIpc) is 3.08. The van der Waals surface area contributed by atoms with Gasteiger partial charge in [-0.05, 0) is 43.5 Å². The fourth-order valence-electron chi connectivity index (χ4n) is 1.97. The number of rotatable bonds is 5. The maximum atomic E-state index is 12.9. The molecule has 0 radical (unpaired) electrons. The van der Waals surface area contributed by atoms with Crippen LogP contribution in [-0.2, 0) is 0 Å². The Bertz CT molecular complexity index is 470. The van der Waals surface area contributed by atoms with Crippen LogP contribution in [-0.4, -0.2) is 17.6 Å². The third-order valence-electron chi connectivity index (χ3n) is 3.31. The van der Waals surface area contributed by atoms with E-state index in [1.165, 1.54) is 12.1 Å². The second kappa shape index (κ2) is 4.84. The predicted molar refractivity (Wildman–Crippen MR) is 66.3 cm³/mol. The Balaban J connectivity index is 1.95. The molecule has 3 N–H and O–H groups in total. The van der Waals surface area contributed by atoms with E-state index in [1.54, 1.807) is 6.07 Å². The van der Waals surface area contributed by atoms with E-state index in [9.17, 15) is 4.39 Å². The van der Waals surface area contributed by atoms with Gasteiger partial charge >= 0.3 is 0 Å². The summed E-state index contributed by atoms with van der Waals surface area (Å²) in [5.74, 6) is 0.645. The Morgan fingerprint density at radius 3 is 2.83 bits per heavy atom. The van der Waals surface area contributed by atoms with E-state index in [4.69, 9.17) is 15.7 Å². The molecule has 0 saturated heterocycles. The first-order valence-corrected chi connectivity index (χ1v) is 5.90. The van der Waals surface area contributed by atoms with Crippen LogP contribution in [0.3, 0.4) is 0 Å². The van der Waals surface area contributed by atoms with Crippen LogP contribution in [0.15, 0.2) is 23.4 Å². The van der Waals surface area contributed by atoms with Crippen LogP contribution in [0.5, 0.6) is 5.75 Å². The Kier molecular flexibility index (Phi) is 3.41. The molecule has 4 nitrogen and oxygen atoms in total. The number of hydrogen-bond acceptors (Lipinski definition) is 3. The van der Waals surface area contributed by atoms with Gasteiger partial charge in [-0.2, -0.15) is 0 Å². The van der Waals surface area contributed by atoms with Gasteiger partial charge in [0.15, 0.2) is 0 Å². The molecule has 1 aromatic carbocycles. The van der Waals surface area contributed by atoms with Gasteiger partial charge in [0.25, 0.3) is 0 Å². The van der Waals surface area contributed by atoms with Gasteiger partial charge in [0.1, 0.15) is 17.4 Å². The number of ether oxygens (including phenoxy) is 1. The van der Waals surface area contributed by atoms with Gasteiger partial charge in [-0.1, -0.05) is 5.16 Å². The lowest BCUT2D eigenvalue weighted by Crippen LogP contribution is -2.22. The lowest BCUT2D eigenvalue weighted by atomic mass is 10.0. The highest BCUT2D eigenvalue weighted by Gasteiger charge is 2.44. The van der Waals surface area contributed by atoms with Crippen LogP contribution >= 0.6 is 0 Å². The molecule has 0 aliphatic heterocycles. The Hall–Kier alpha value is -1.78. The molecule has 0 aromatic heterocycles. The van der Waals surface area contributed by atoms with E-state index in [1.807, 2.05) is 6.92 Å². The lowest BCUT2D eigenvalue weighted by molar-refractivity contribution is 0.234. The van der Waals surface area contributed by atoms with Gasteiger partial charge < -0.3 is 15.7 Å². The van der Waals surface area contributed by atoms with E-state index in [-0.39, 0.29) is 17.1 Å². The fraction of sp³-hybridized carbons (Fsp3) is 0.462. The molecule has 0 atom stereocenters. The van der Waals surface area contributed by atoms with Crippen molar-refractivity contribution in [2.24, 2.45) is 16.3 Å². The number of aryl methyl sites for hydroxylation is 1. The summed E-state index contributed by atoms with van der Waals surface area (Å²) in [6.07, 6.45) is 2.54. The second-order valence-corrected chi connectivity index (χ2v) is 4.97. The standard InChI is InChI=1S/C13H17FN2O2/c1-9-6-10(14)2-3-11(9)18-8-13(4-5-13)7-12(15)16-17/h2-3,6,17H,4-5,7-8H2,1H3,(H2,15,16). The van der Waals surface area contributed by atoms with Gasteiger partial charge in [-0.15, -0.1) is 0 Å². The highest BCUT2D eigenvalue weighted by atomic mass is 19.1. The zero-order valence-electron chi connectivity index (χ0n) is 10.3. The molecule has 1 fully saturated rings. The number of hydrogen-bond donors (Lipinski definition) is 2. The van der Waals surface area contributed by atoms with Crippen LogP contribution in [0.2, 0.25) is 0 Å². The van der Waals surface area contributed by atoms with Crippen LogP contribution in [0.1, 0.15) is 24.8 Å². The summed E-state index contributed by atoms with van der Waals surface area (Å²) < 4.78 is 18.6. The molecule has 0 heterocycles. The van der Waals surface area contributed by atoms with Crippen molar-refractivity contribution in [2.75, 3.05) is 6.61 Å². The summed E-state index contributed by atoms with van der Waals surface area (Å²) >= 11 is 0. The van der Waals surface area contributed by atoms with Gasteiger partial charge in [0, 0.05) is 11.8 Å². The third kappa shape index (κ3) is 2.91. The quantitative estimate of drug-likeness (QED) is 0.366. The molecule has 0 unspecified atom stereocenters. The Morgan fingerprint density at radius 2 is 2.28 bits per heavy atom. The van der Waals surface area contributed by atoms with Crippen molar-refractivity contribution in [2.45, 2.75) is 26.2 Å². The molecule has 2 rings (SSSR count). The predicted octanol–water partition coefficient (Wildman–Crippen LogP) is 2.43. The van der Waals surface area contributed by atoms with Crippen molar-refractivity contribution in [3.05, 3.63) is 29.6 Å². The Morgan fingerprint density at radius 1 is 1.56 bits per heavy atom. The topological polar surface area (TPSA) is 67.8 Å². The summed E-state index contributed by atoms with van der Waals surface area (Å²) in [7, 11) is 0. The normalized spacial score (nSPS) is 17.6. The van der Waals surface area contributed by atoms with Gasteiger partial charge in [0.2, 0.25) is 0 Å². The highest BCUT2D eigenvalue weighted by molar-refractivity contribution is 5.80. The smallest absolute Gasteiger partial charge is 0.139 e. The molecule has 1 saturated carbocycles. The molecule has 1 aliphatic carbocycles. The first kappa shape index (κ1) is 12.7. The molecular weight excluding hydrogens is 235 g/mol. The van der Waals surface area contributed by atoms with Gasteiger partial charge in [-0.3, -0.25) is 0 Å². The van der Waals surface area contributed by atoms with Crippen molar-refractivity contribution < 1.29 is 14.3 Å². The minimum atomic E-state index is -0.266. The molecule has 0 amide bonds. The summed E-state index contributed by atoms with van der Waals surface area (Å²) in [6, 6.07) is 4.45. The largest absolute Gasteiger partial charge is 0.493 e. The molecule has 98 valence electrons. The van der Waals surface area contributed by atoms with Crippen molar-refractivity contribution in [3.63, 3.8) is 0 Å². The van der Waals surface area contributed by atoms with E-state index in [0.29, 0.717) is 18.8 Å². The summed E-state index contributed by atoms with van der Waals surface area (Å²) in [5.41, 5.74) is 6.27. The molecular formula is C13H17FN2O2. The van der Waals surface area contributed by atoms with E-state index in [0.717, 1.165) is 18.4 Å². The SMILES string of the molecule is Cc1cc(F)ccc1OCC1(C/C(N)=N/O)CC1. The zero-order chi connectivity index (χ0) is 13.2. The van der Waals surface area contributed by atoms with Crippen molar-refractivity contribution in [3.8, 4) is 5.75 Å². The molecule has 1 aliphatic rings. The second-order valence-electron chi connectivity index (χ2n) is 4.97. The van der Waals surface area contributed by atoms with Crippen molar-refractivity contribution >= 4 is 5.84 Å². The minimum absolute atomic E-state index is 0.0167. The van der Waals surface area contributed by atoms with E-state index < -0.39 is 0 Å². The Labute approximate surface area is 105 Å². The minimum Gasteiger partial charge on any atom is -0.493 e. The molecule has 1 aromatic rings. The lowest BCUT2D eigenvalue weighted by Gasteiger charge is -2.16. The van der Waals surface area contributed by atoms with Crippen molar-refractivity contribution in [1.82, 2.24) is 0 Å². The number of nitrogens with two attached hydrogens (primary N) is 1. The van der Waals surface area contributed by atoms with E-state index in [2.05, 4.69) is 5.16 Å².